The van der Waals surface area contributed by atoms with Gasteiger partial charge in [-0.1, -0.05) is 18.2 Å². The van der Waals surface area contributed by atoms with Crippen molar-refractivity contribution >= 4 is 27.3 Å². The summed E-state index contributed by atoms with van der Waals surface area (Å²) in [4.78, 5) is 15.1. The first kappa shape index (κ1) is 26.7. The summed E-state index contributed by atoms with van der Waals surface area (Å²) in [7, 11) is -4.14. The van der Waals surface area contributed by atoms with Crippen LogP contribution in [0.25, 0.3) is 0 Å². The molecular formula is C25H28F3N5O3S. The lowest BCUT2D eigenvalue weighted by Crippen LogP contribution is -2.49. The molecule has 12 heteroatoms. The number of alkyl halides is 3. The highest BCUT2D eigenvalue weighted by atomic mass is 32.2. The van der Waals surface area contributed by atoms with Crippen LogP contribution < -0.4 is 10.2 Å². The molecule has 0 atom stereocenters. The third kappa shape index (κ3) is 5.49. The molecule has 0 saturated carbocycles. The molecular weight excluding hydrogens is 507 g/mol. The van der Waals surface area contributed by atoms with Crippen LogP contribution in [0.1, 0.15) is 34.0 Å². The van der Waals surface area contributed by atoms with Crippen molar-refractivity contribution in [1.29, 1.82) is 0 Å². The van der Waals surface area contributed by atoms with E-state index in [-0.39, 0.29) is 24.3 Å². The first-order valence-electron chi connectivity index (χ1n) is 11.8. The molecule has 1 saturated heterocycles. The number of carbonyl (C=O) groups excluding carboxylic acids is 1. The smallest absolute Gasteiger partial charge is 0.369 e. The van der Waals surface area contributed by atoms with Crippen molar-refractivity contribution in [2.45, 2.75) is 38.5 Å². The average molecular weight is 536 g/mol. The zero-order chi connectivity index (χ0) is 27.0. The van der Waals surface area contributed by atoms with E-state index in [0.29, 0.717) is 19.6 Å². The van der Waals surface area contributed by atoms with Gasteiger partial charge in [0.1, 0.15) is 0 Å². The van der Waals surface area contributed by atoms with Gasteiger partial charge < -0.3 is 10.2 Å². The standard InChI is InChI=1S/C25H28F3N5O3S/c1-4-32-16-21(23(34)29-20-9-6-8-19(15-20)25(26,27)28)24(30-32)37(35,36)33-13-11-31(12-14-33)22-10-5-7-17(2)18(22)3/h5-10,15-16H,4,11-14H2,1-3H3,(H,29,34). The van der Waals surface area contributed by atoms with Crippen molar-refractivity contribution < 1.29 is 26.4 Å². The fraction of sp³-hybridized carbons (Fsp3) is 0.360. The topological polar surface area (TPSA) is 87.5 Å². The SMILES string of the molecule is CCn1cc(C(=O)Nc2cccc(C(F)(F)F)c2)c(S(=O)(=O)N2CCN(c3cccc(C)c3C)CC2)n1. The molecule has 1 aromatic heterocycles. The number of sulfonamides is 1. The largest absolute Gasteiger partial charge is 0.416 e. The first-order valence-corrected chi connectivity index (χ1v) is 13.2. The lowest BCUT2D eigenvalue weighted by Gasteiger charge is -2.36. The number of piperazine rings is 1. The molecule has 8 nitrogen and oxygen atoms in total. The number of aryl methyl sites for hydroxylation is 2. The Labute approximate surface area is 213 Å². The number of rotatable bonds is 6. The fourth-order valence-electron chi connectivity index (χ4n) is 4.25. The number of aromatic nitrogens is 2. The van der Waals surface area contributed by atoms with Crippen LogP contribution in [0.2, 0.25) is 0 Å². The van der Waals surface area contributed by atoms with Gasteiger partial charge in [0.25, 0.3) is 15.9 Å². The highest BCUT2D eigenvalue weighted by Gasteiger charge is 2.35. The molecule has 1 N–H and O–H groups in total. The molecule has 1 aliphatic heterocycles. The van der Waals surface area contributed by atoms with Gasteiger partial charge in [-0.15, -0.1) is 0 Å². The third-order valence-electron chi connectivity index (χ3n) is 6.48. The maximum atomic E-state index is 13.5. The molecule has 2 aromatic carbocycles. The number of halogens is 3. The van der Waals surface area contributed by atoms with E-state index in [0.717, 1.165) is 28.9 Å². The Morgan fingerprint density at radius 1 is 1.05 bits per heavy atom. The van der Waals surface area contributed by atoms with E-state index >= 15 is 0 Å². The van der Waals surface area contributed by atoms with Crippen molar-refractivity contribution in [1.82, 2.24) is 14.1 Å². The summed E-state index contributed by atoms with van der Waals surface area (Å²) in [6.07, 6.45) is -3.29. The van der Waals surface area contributed by atoms with E-state index in [9.17, 15) is 26.4 Å². The number of nitrogens with one attached hydrogen (secondary N) is 1. The van der Waals surface area contributed by atoms with Crippen LogP contribution in [0, 0.1) is 13.8 Å². The fourth-order valence-corrected chi connectivity index (χ4v) is 5.77. The molecule has 198 valence electrons. The molecule has 0 bridgehead atoms. The van der Waals surface area contributed by atoms with Crippen molar-refractivity contribution in [3.8, 4) is 0 Å². The van der Waals surface area contributed by atoms with Gasteiger partial charge in [0.2, 0.25) is 5.03 Å². The second-order valence-corrected chi connectivity index (χ2v) is 10.7. The summed E-state index contributed by atoms with van der Waals surface area (Å²) in [5.41, 5.74) is 2.08. The Bertz CT molecular complexity index is 1410. The number of amides is 1. The van der Waals surface area contributed by atoms with E-state index in [4.69, 9.17) is 0 Å². The zero-order valence-electron chi connectivity index (χ0n) is 20.7. The lowest BCUT2D eigenvalue weighted by molar-refractivity contribution is -0.137. The highest BCUT2D eigenvalue weighted by Crippen LogP contribution is 2.31. The lowest BCUT2D eigenvalue weighted by atomic mass is 10.1. The summed E-state index contributed by atoms with van der Waals surface area (Å²) in [5.74, 6) is -0.855. The Kier molecular flexibility index (Phi) is 7.33. The maximum absolute atomic E-state index is 13.5. The van der Waals surface area contributed by atoms with E-state index < -0.39 is 32.7 Å². The second kappa shape index (κ2) is 10.2. The Hall–Kier alpha value is -3.38. The van der Waals surface area contributed by atoms with Crippen molar-refractivity contribution in [2.75, 3.05) is 36.4 Å². The van der Waals surface area contributed by atoms with Crippen LogP contribution in [0.4, 0.5) is 24.5 Å². The molecule has 2 heterocycles. The summed E-state index contributed by atoms with van der Waals surface area (Å²) in [6.45, 7) is 7.41. The van der Waals surface area contributed by atoms with Gasteiger partial charge in [0.05, 0.1) is 11.1 Å². The highest BCUT2D eigenvalue weighted by molar-refractivity contribution is 7.89. The van der Waals surface area contributed by atoms with Gasteiger partial charge in [-0.05, 0) is 56.2 Å². The van der Waals surface area contributed by atoms with Crippen molar-refractivity contribution in [2.24, 2.45) is 0 Å². The molecule has 1 fully saturated rings. The quantitative estimate of drug-likeness (QED) is 0.509. The van der Waals surface area contributed by atoms with E-state index in [1.165, 1.54) is 27.3 Å². The summed E-state index contributed by atoms with van der Waals surface area (Å²) >= 11 is 0. The van der Waals surface area contributed by atoms with Crippen LogP contribution in [0.15, 0.2) is 53.7 Å². The van der Waals surface area contributed by atoms with Crippen LogP contribution >= 0.6 is 0 Å². The number of benzene rings is 2. The van der Waals surface area contributed by atoms with Gasteiger partial charge in [-0.3, -0.25) is 9.48 Å². The number of hydrogen-bond donors (Lipinski definition) is 1. The number of nitrogens with zero attached hydrogens (tertiary/aromatic N) is 4. The Morgan fingerprint density at radius 2 is 1.73 bits per heavy atom. The Balaban J connectivity index is 1.56. The van der Waals surface area contributed by atoms with Gasteiger partial charge in [-0.2, -0.15) is 22.6 Å². The predicted octanol–water partition coefficient (Wildman–Crippen LogP) is 4.30. The normalized spacial score (nSPS) is 15.1. The minimum absolute atomic E-state index is 0.102. The summed E-state index contributed by atoms with van der Waals surface area (Å²) in [6, 6.07) is 10.1. The molecule has 0 spiro atoms. The Morgan fingerprint density at radius 3 is 2.38 bits per heavy atom. The maximum Gasteiger partial charge on any atom is 0.416 e. The number of anilines is 2. The molecule has 3 aromatic rings. The average Bonchev–Trinajstić information content (AvgIpc) is 3.31. The summed E-state index contributed by atoms with van der Waals surface area (Å²) < 4.78 is 68.9. The predicted molar refractivity (Wildman–Crippen MR) is 134 cm³/mol. The molecule has 37 heavy (non-hydrogen) atoms. The molecule has 0 aliphatic carbocycles. The zero-order valence-corrected chi connectivity index (χ0v) is 21.5. The van der Waals surface area contributed by atoms with Crippen molar-refractivity contribution in [3.05, 3.63) is 70.9 Å². The van der Waals surface area contributed by atoms with E-state index in [2.05, 4.69) is 15.3 Å². The molecule has 1 aliphatic rings. The molecule has 4 rings (SSSR count). The van der Waals surface area contributed by atoms with Crippen LogP contribution in [0.3, 0.4) is 0 Å². The molecule has 0 radical (unpaired) electrons. The minimum Gasteiger partial charge on any atom is -0.369 e. The van der Waals surface area contributed by atoms with Crippen LogP contribution in [0.5, 0.6) is 0 Å². The van der Waals surface area contributed by atoms with Crippen LogP contribution in [-0.4, -0.2) is 54.6 Å². The van der Waals surface area contributed by atoms with Gasteiger partial charge in [0, 0.05) is 50.3 Å². The minimum atomic E-state index is -4.58. The third-order valence-corrected chi connectivity index (χ3v) is 8.32. The number of hydrogen-bond acceptors (Lipinski definition) is 5. The van der Waals surface area contributed by atoms with Gasteiger partial charge in [0.15, 0.2) is 0 Å². The van der Waals surface area contributed by atoms with E-state index in [1.807, 2.05) is 32.0 Å². The van der Waals surface area contributed by atoms with Gasteiger partial charge >= 0.3 is 6.18 Å². The molecule has 0 unspecified atom stereocenters. The monoisotopic (exact) mass is 535 g/mol. The number of carbonyl (C=O) groups is 1. The second-order valence-electron chi connectivity index (χ2n) is 8.85. The van der Waals surface area contributed by atoms with E-state index in [1.54, 1.807) is 6.92 Å². The molecule has 1 amide bonds. The first-order chi connectivity index (χ1) is 17.4. The van der Waals surface area contributed by atoms with Gasteiger partial charge in [-0.25, -0.2) is 8.42 Å². The van der Waals surface area contributed by atoms with Crippen LogP contribution in [-0.2, 0) is 22.7 Å². The van der Waals surface area contributed by atoms with Crippen molar-refractivity contribution in [3.63, 3.8) is 0 Å². The summed E-state index contributed by atoms with van der Waals surface area (Å²) in [5, 5.41) is 6.09.